The van der Waals surface area contributed by atoms with Crippen molar-refractivity contribution in [1.82, 2.24) is 5.32 Å². The molecule has 0 saturated heterocycles. The number of aliphatic hydroxyl groups is 1. The average molecular weight is 344 g/mol. The lowest BCUT2D eigenvalue weighted by Gasteiger charge is -2.18. The van der Waals surface area contributed by atoms with Crippen LogP contribution in [0.25, 0.3) is 0 Å². The molecule has 6 nitrogen and oxygen atoms in total. The number of hydrogen-bond donors (Lipinski definition) is 5. The summed E-state index contributed by atoms with van der Waals surface area (Å²) in [6.45, 7) is 2.37. The van der Waals surface area contributed by atoms with Crippen molar-refractivity contribution >= 4 is 5.91 Å². The van der Waals surface area contributed by atoms with Crippen molar-refractivity contribution < 1.29 is 20.1 Å². The number of carbonyl (C=O) groups is 1. The maximum Gasteiger partial charge on any atom is 0.248 e. The van der Waals surface area contributed by atoms with Crippen molar-refractivity contribution in [3.63, 3.8) is 0 Å². The fourth-order valence-corrected chi connectivity index (χ4v) is 2.50. The van der Waals surface area contributed by atoms with E-state index in [1.807, 2.05) is 19.1 Å². The summed E-state index contributed by atoms with van der Waals surface area (Å²) in [6, 6.07) is 11.7. The van der Waals surface area contributed by atoms with Gasteiger partial charge in [0.2, 0.25) is 5.91 Å². The predicted octanol–water partition coefficient (Wildman–Crippen LogP) is 1.84. The lowest BCUT2D eigenvalue weighted by Crippen LogP contribution is -2.30. The number of benzene rings is 2. The van der Waals surface area contributed by atoms with E-state index < -0.39 is 12.0 Å². The van der Waals surface area contributed by atoms with Crippen LogP contribution in [0.3, 0.4) is 0 Å². The third kappa shape index (κ3) is 5.48. The number of aliphatic hydroxyl groups excluding tert-OH is 1. The number of nitrogens with one attached hydrogen (secondary N) is 1. The average Bonchev–Trinajstić information content (AvgIpc) is 2.60. The molecule has 134 valence electrons. The number of rotatable bonds is 8. The Hall–Kier alpha value is -2.57. The van der Waals surface area contributed by atoms with Crippen LogP contribution >= 0.6 is 0 Å². The van der Waals surface area contributed by atoms with Crippen molar-refractivity contribution in [2.75, 3.05) is 6.54 Å². The van der Waals surface area contributed by atoms with Gasteiger partial charge in [0.25, 0.3) is 0 Å². The van der Waals surface area contributed by atoms with Crippen LogP contribution in [0.4, 0.5) is 0 Å². The lowest BCUT2D eigenvalue weighted by atomic mass is 10.0. The first-order valence-corrected chi connectivity index (χ1v) is 8.19. The minimum absolute atomic E-state index is 0.177. The zero-order valence-corrected chi connectivity index (χ0v) is 14.1. The molecule has 0 bridgehead atoms. The Morgan fingerprint density at radius 1 is 1.12 bits per heavy atom. The Morgan fingerprint density at radius 3 is 2.40 bits per heavy atom. The second-order valence-electron chi connectivity index (χ2n) is 6.17. The molecule has 0 heterocycles. The van der Waals surface area contributed by atoms with E-state index in [-0.39, 0.29) is 17.5 Å². The highest BCUT2D eigenvalue weighted by Gasteiger charge is 2.12. The minimum atomic E-state index is -0.774. The number of carbonyl (C=O) groups excluding carboxylic acids is 1. The Balaban J connectivity index is 1.78. The number of hydrogen-bond acceptors (Lipinski definition) is 5. The van der Waals surface area contributed by atoms with E-state index >= 15 is 0 Å². The highest BCUT2D eigenvalue weighted by molar-refractivity contribution is 5.92. The van der Waals surface area contributed by atoms with Gasteiger partial charge in [-0.3, -0.25) is 4.79 Å². The van der Waals surface area contributed by atoms with Gasteiger partial charge in [0.05, 0.1) is 6.10 Å². The molecule has 2 atom stereocenters. The van der Waals surface area contributed by atoms with Crippen LogP contribution in [-0.2, 0) is 6.42 Å². The molecule has 0 saturated carbocycles. The summed E-state index contributed by atoms with van der Waals surface area (Å²) < 4.78 is 0. The zero-order valence-electron chi connectivity index (χ0n) is 14.1. The summed E-state index contributed by atoms with van der Waals surface area (Å²) in [4.78, 5) is 11.0. The molecule has 0 aromatic heterocycles. The van der Waals surface area contributed by atoms with Crippen LogP contribution in [0.1, 0.15) is 40.9 Å². The third-order valence-corrected chi connectivity index (χ3v) is 4.15. The van der Waals surface area contributed by atoms with Crippen LogP contribution in [0, 0.1) is 0 Å². The van der Waals surface area contributed by atoms with Gasteiger partial charge in [0, 0.05) is 18.2 Å². The second kappa shape index (κ2) is 8.50. The summed E-state index contributed by atoms with van der Waals surface area (Å²) in [5.41, 5.74) is 7.37. The maximum atomic E-state index is 11.0. The molecule has 0 fully saturated rings. The van der Waals surface area contributed by atoms with Crippen LogP contribution in [-0.4, -0.2) is 33.8 Å². The predicted molar refractivity (Wildman–Crippen MR) is 95.5 cm³/mol. The molecular weight excluding hydrogens is 320 g/mol. The first kappa shape index (κ1) is 18.8. The van der Waals surface area contributed by atoms with Crippen molar-refractivity contribution in [1.29, 1.82) is 0 Å². The van der Waals surface area contributed by atoms with Gasteiger partial charge < -0.3 is 26.4 Å². The summed E-state index contributed by atoms with van der Waals surface area (Å²) >= 11 is 0. The molecule has 25 heavy (non-hydrogen) atoms. The van der Waals surface area contributed by atoms with Crippen LogP contribution in [0.15, 0.2) is 42.5 Å². The molecule has 0 radical (unpaired) electrons. The van der Waals surface area contributed by atoms with E-state index in [1.54, 1.807) is 18.2 Å². The monoisotopic (exact) mass is 344 g/mol. The van der Waals surface area contributed by atoms with Gasteiger partial charge in [0.1, 0.15) is 0 Å². The van der Waals surface area contributed by atoms with E-state index in [9.17, 15) is 20.1 Å². The van der Waals surface area contributed by atoms with Gasteiger partial charge in [-0.15, -0.1) is 0 Å². The Kier molecular flexibility index (Phi) is 6.38. The van der Waals surface area contributed by atoms with Crippen molar-refractivity contribution in [2.45, 2.75) is 31.9 Å². The maximum absolute atomic E-state index is 11.0. The van der Waals surface area contributed by atoms with Gasteiger partial charge in [-0.2, -0.15) is 0 Å². The van der Waals surface area contributed by atoms with E-state index in [1.165, 1.54) is 12.1 Å². The highest BCUT2D eigenvalue weighted by Crippen LogP contribution is 2.27. The fraction of sp³-hybridized carbons (Fsp3) is 0.316. The molecule has 0 aliphatic rings. The Labute approximate surface area is 146 Å². The quantitative estimate of drug-likeness (QED) is 0.469. The van der Waals surface area contributed by atoms with Gasteiger partial charge in [-0.25, -0.2) is 0 Å². The van der Waals surface area contributed by atoms with E-state index in [4.69, 9.17) is 5.73 Å². The number of aromatic hydroxyl groups is 2. The molecule has 2 aromatic carbocycles. The van der Waals surface area contributed by atoms with Gasteiger partial charge in [-0.05, 0) is 55.2 Å². The summed E-state index contributed by atoms with van der Waals surface area (Å²) in [7, 11) is 0. The molecule has 0 aliphatic carbocycles. The largest absolute Gasteiger partial charge is 0.504 e. The molecule has 0 spiro atoms. The Morgan fingerprint density at radius 2 is 1.80 bits per heavy atom. The molecule has 0 aliphatic heterocycles. The number of nitrogens with two attached hydrogens (primary N) is 1. The van der Waals surface area contributed by atoms with Crippen LogP contribution < -0.4 is 11.1 Å². The van der Waals surface area contributed by atoms with Crippen LogP contribution in [0.5, 0.6) is 11.5 Å². The van der Waals surface area contributed by atoms with E-state index in [0.717, 1.165) is 18.4 Å². The van der Waals surface area contributed by atoms with Gasteiger partial charge >= 0.3 is 0 Å². The second-order valence-corrected chi connectivity index (χ2v) is 6.17. The number of amides is 1. The molecule has 6 N–H and O–H groups in total. The minimum Gasteiger partial charge on any atom is -0.504 e. The Bertz CT molecular complexity index is 716. The fourth-order valence-electron chi connectivity index (χ4n) is 2.50. The molecular formula is C19H24N2O4. The molecule has 1 amide bonds. The molecule has 2 rings (SSSR count). The number of primary amides is 1. The van der Waals surface area contributed by atoms with Crippen molar-refractivity contribution in [2.24, 2.45) is 5.73 Å². The first-order valence-electron chi connectivity index (χ1n) is 8.19. The first-order chi connectivity index (χ1) is 11.9. The standard InChI is InChI=1S/C19H24N2O4/c1-12(2-3-13-4-6-14(7-5-13)19(20)25)21-11-18(24)15-8-9-16(22)17(23)10-15/h4-10,12,18,21-24H,2-3,11H2,1H3,(H2,20,25). The van der Waals surface area contributed by atoms with Crippen LogP contribution in [0.2, 0.25) is 0 Å². The third-order valence-electron chi connectivity index (χ3n) is 4.15. The topological polar surface area (TPSA) is 116 Å². The van der Waals surface area contributed by atoms with Gasteiger partial charge in [0.15, 0.2) is 11.5 Å². The van der Waals surface area contributed by atoms with E-state index in [0.29, 0.717) is 17.7 Å². The normalized spacial score (nSPS) is 13.4. The zero-order chi connectivity index (χ0) is 18.4. The van der Waals surface area contributed by atoms with Crippen molar-refractivity contribution in [3.8, 4) is 11.5 Å². The summed E-state index contributed by atoms with van der Waals surface area (Å²) in [6.07, 6.45) is 0.927. The SMILES string of the molecule is CC(CCc1ccc(C(N)=O)cc1)NCC(O)c1ccc(O)c(O)c1. The number of phenolic OH excluding ortho intramolecular Hbond substituents is 2. The van der Waals surface area contributed by atoms with E-state index in [2.05, 4.69) is 5.32 Å². The molecule has 2 unspecified atom stereocenters. The van der Waals surface area contributed by atoms with Gasteiger partial charge in [-0.1, -0.05) is 18.2 Å². The van der Waals surface area contributed by atoms with Crippen molar-refractivity contribution in [3.05, 3.63) is 59.2 Å². The molecule has 2 aromatic rings. The highest BCUT2D eigenvalue weighted by atomic mass is 16.3. The smallest absolute Gasteiger partial charge is 0.248 e. The summed E-state index contributed by atoms with van der Waals surface area (Å²) in [5.74, 6) is -0.889. The number of aryl methyl sites for hydroxylation is 1. The summed E-state index contributed by atoms with van der Waals surface area (Å²) in [5, 5.41) is 32.2. The molecule has 6 heteroatoms. The number of phenols is 2. The lowest BCUT2D eigenvalue weighted by molar-refractivity contribution is 0.1000.